The Hall–Kier alpha value is -7.90. The van der Waals surface area contributed by atoms with Gasteiger partial charge in [0.25, 0.3) is 0 Å². The lowest BCUT2D eigenvalue weighted by Gasteiger charge is -2.02. The first-order valence-electron chi connectivity index (χ1n) is 39.8. The third-order valence-corrected chi connectivity index (χ3v) is 17.4. The Bertz CT molecular complexity index is 2870. The lowest BCUT2D eigenvalue weighted by Crippen LogP contribution is -2.05. The van der Waals surface area contributed by atoms with Crippen LogP contribution in [0.2, 0.25) is 0 Å². The lowest BCUT2D eigenvalue weighted by atomic mass is 10.2. The molecule has 0 radical (unpaired) electrons. The highest BCUT2D eigenvalue weighted by molar-refractivity contribution is 7.05. The maximum atomic E-state index is 4.42. The molecular formula is C78H146N30S2. The van der Waals surface area contributed by atoms with Crippen molar-refractivity contribution in [2.24, 2.45) is 0 Å². The second kappa shape index (κ2) is 50.2. The monoisotopic (exact) mass is 1570 g/mol. The molecule has 0 amide bonds. The summed E-state index contributed by atoms with van der Waals surface area (Å²) in [6, 6.07) is 2.98. The van der Waals surface area contributed by atoms with E-state index >= 15 is 0 Å². The zero-order valence-corrected chi connectivity index (χ0v) is 76.9. The molecule has 0 aromatic carbocycles. The van der Waals surface area contributed by atoms with Crippen LogP contribution in [0.5, 0.6) is 0 Å². The molecule has 110 heavy (non-hydrogen) atoms. The van der Waals surface area contributed by atoms with Gasteiger partial charge in [-0.3, -0.25) is 9.36 Å². The normalized spacial score (nSPS) is 11.5. The Morgan fingerprint density at radius 3 is 0.645 bits per heavy atom. The summed E-state index contributed by atoms with van der Waals surface area (Å²) >= 11 is 3.05. The summed E-state index contributed by atoms with van der Waals surface area (Å²) in [6.07, 6.45) is 11.3. The molecule has 30 nitrogen and oxygen atoms in total. The van der Waals surface area contributed by atoms with Crippen LogP contribution in [0.15, 0.2) is 37.4 Å². The predicted molar refractivity (Wildman–Crippen MR) is 448 cm³/mol. The highest BCUT2D eigenvalue weighted by atomic mass is 32.1. The molecule has 0 bridgehead atoms. The van der Waals surface area contributed by atoms with Gasteiger partial charge in [0.2, 0.25) is 0 Å². The first-order chi connectivity index (χ1) is 51.1. The summed E-state index contributed by atoms with van der Waals surface area (Å²) < 4.78 is 16.1. The quantitative estimate of drug-likeness (QED) is 0.0684. The number of nitrogens with zero attached hydrogens (tertiary/aromatic N) is 30. The Balaban J connectivity index is 0.000000611. The predicted octanol–water partition coefficient (Wildman–Crippen LogP) is 20.2. The van der Waals surface area contributed by atoms with Crippen molar-refractivity contribution < 1.29 is 0 Å². The average Bonchev–Trinajstić information content (AvgIpc) is 1.84. The molecule has 10 aromatic heterocycles. The lowest BCUT2D eigenvalue weighted by molar-refractivity contribution is 0.452. The van der Waals surface area contributed by atoms with Crippen LogP contribution < -0.4 is 0 Å². The summed E-state index contributed by atoms with van der Waals surface area (Å²) in [4.78, 5) is 24.0. The first kappa shape index (κ1) is 100. The van der Waals surface area contributed by atoms with Crippen LogP contribution >= 0.6 is 23.1 Å². The van der Waals surface area contributed by atoms with Crippen LogP contribution in [0.1, 0.15) is 464 Å². The number of hydrogen-bond acceptors (Lipinski definition) is 24. The molecule has 0 unspecified atom stereocenters. The van der Waals surface area contributed by atoms with Crippen LogP contribution in [0.25, 0.3) is 0 Å². The highest BCUT2D eigenvalue weighted by Crippen LogP contribution is 2.23. The van der Waals surface area contributed by atoms with E-state index in [4.69, 9.17) is 0 Å². The number of hydrogen-bond donors (Lipinski definition) is 0. The fourth-order valence-electron chi connectivity index (χ4n) is 7.63. The van der Waals surface area contributed by atoms with Gasteiger partial charge in [-0.25, -0.2) is 29.3 Å². The summed E-state index contributed by atoms with van der Waals surface area (Å²) in [6.45, 7) is 83.8. The molecule has 0 fully saturated rings. The summed E-state index contributed by atoms with van der Waals surface area (Å²) in [5.74, 6) is 10.9. The third-order valence-electron chi connectivity index (χ3n) is 15.4. The minimum Gasteiger partial charge on any atom is -0.250 e. The van der Waals surface area contributed by atoms with Crippen molar-refractivity contribution in [1.29, 1.82) is 0 Å². The number of aromatic nitrogens is 30. The average molecular weight is 1570 g/mol. The van der Waals surface area contributed by atoms with E-state index in [1.807, 2.05) is 71.2 Å². The topological polar surface area (TPSA) is 323 Å². The van der Waals surface area contributed by atoms with Gasteiger partial charge < -0.3 is 0 Å². The van der Waals surface area contributed by atoms with Gasteiger partial charge in [0.15, 0.2) is 23.3 Å². The zero-order valence-electron chi connectivity index (χ0n) is 75.2. The maximum Gasteiger partial charge on any atom is 0.177 e. The van der Waals surface area contributed by atoms with Gasteiger partial charge in [0.05, 0.1) is 59.3 Å². The molecule has 0 saturated heterocycles. The third kappa shape index (κ3) is 37.4. The minimum absolute atomic E-state index is 0.301. The Labute approximate surface area is 669 Å². The van der Waals surface area contributed by atoms with Gasteiger partial charge in [0.1, 0.15) is 34.3 Å². The van der Waals surface area contributed by atoms with Gasteiger partial charge >= 0.3 is 0 Å². The van der Waals surface area contributed by atoms with Crippen LogP contribution in [-0.2, 0) is 0 Å². The van der Waals surface area contributed by atoms with E-state index in [0.717, 1.165) is 67.7 Å². The van der Waals surface area contributed by atoms with Crippen LogP contribution in [0, 0.1) is 0 Å². The molecule has 32 heteroatoms. The molecule has 0 aliphatic carbocycles. The van der Waals surface area contributed by atoms with Crippen molar-refractivity contribution in [3.63, 3.8) is 0 Å². The van der Waals surface area contributed by atoms with Crippen LogP contribution in [0.4, 0.5) is 0 Å². The van der Waals surface area contributed by atoms with Crippen LogP contribution in [0.3, 0.4) is 0 Å². The van der Waals surface area contributed by atoms with E-state index < -0.39 is 0 Å². The second-order valence-corrected chi connectivity index (χ2v) is 34.7. The van der Waals surface area contributed by atoms with E-state index in [-0.39, 0.29) is 0 Å². The molecule has 0 atom stereocenters. The number of tetrazole rings is 2. The maximum absolute atomic E-state index is 4.42. The van der Waals surface area contributed by atoms with Crippen molar-refractivity contribution in [3.8, 4) is 0 Å². The molecule has 0 saturated carbocycles. The van der Waals surface area contributed by atoms with E-state index in [1.54, 1.807) is 31.8 Å². The molecule has 0 N–H and O–H groups in total. The molecule has 10 rings (SSSR count). The fourth-order valence-corrected chi connectivity index (χ4v) is 9.19. The minimum atomic E-state index is 0.301. The van der Waals surface area contributed by atoms with Gasteiger partial charge in [-0.15, -0.1) is 30.6 Å². The Morgan fingerprint density at radius 1 is 0.236 bits per heavy atom. The van der Waals surface area contributed by atoms with Gasteiger partial charge in [-0.1, -0.05) is 177 Å². The van der Waals surface area contributed by atoms with Gasteiger partial charge in [-0.2, -0.15) is 58.5 Å². The van der Waals surface area contributed by atoms with Gasteiger partial charge in [0, 0.05) is 83.9 Å². The molecule has 0 aliphatic rings. The first-order valence-corrected chi connectivity index (χ1v) is 41.4. The molecule has 0 spiro atoms. The van der Waals surface area contributed by atoms with E-state index in [0.29, 0.717) is 119 Å². The van der Waals surface area contributed by atoms with Crippen molar-refractivity contribution in [2.75, 3.05) is 0 Å². The van der Waals surface area contributed by atoms with E-state index in [9.17, 15) is 0 Å². The molecule has 10 heterocycles. The standard InChI is InChI=1S/6C8H15N3.2C8H14N2S.2C7H14N4/c2*1-6(2)8-9-5-11(10-8)7(3)4;2*1-6(2)8-5-11(7(3)4)10-9-8;2*1-6(2)8-5-9-11(10-8)7(3)4;2*1-5(2)7-9-8(6(3)4)11-10-7;2*1-5(2)7-8-10-11(9-7)6(3)4/h6*5-7H,1-4H3;4*5-6H,1-4H3. The van der Waals surface area contributed by atoms with E-state index in [2.05, 4.69) is 360 Å². The fraction of sp³-hybridized carbons (Fsp3) is 0.769. The Kier molecular flexibility index (Phi) is 45.7. The smallest absolute Gasteiger partial charge is 0.177 e. The SMILES string of the molecule is CC(C)c1cn(C(C)C)nn1.CC(C)c1cn(C(C)C)nn1.CC(C)c1cnn(C(C)C)n1.CC(C)c1cnn(C(C)C)n1.CC(C)c1ncn(C(C)C)n1.CC(C)c1ncn(C(C)C)n1.CC(C)c1nnn(C(C)C)n1.CC(C)c1nnn(C(C)C)n1.CC(C)c1nsc(C(C)C)n1.CC(C)c1nsc(C(C)C)n1. The zero-order chi connectivity index (χ0) is 84.3. The summed E-state index contributed by atoms with van der Waals surface area (Å²) in [5, 5.41) is 68.0. The molecule has 0 aliphatic heterocycles. The summed E-state index contributed by atoms with van der Waals surface area (Å²) in [7, 11) is 0. The summed E-state index contributed by atoms with van der Waals surface area (Å²) in [5.41, 5.74) is 4.27. The largest absolute Gasteiger partial charge is 0.250 e. The Morgan fingerprint density at radius 2 is 0.509 bits per heavy atom. The van der Waals surface area contributed by atoms with E-state index in [1.165, 1.54) is 23.1 Å². The number of rotatable bonds is 20. The van der Waals surface area contributed by atoms with Crippen molar-refractivity contribution in [2.45, 2.75) is 396 Å². The second-order valence-electron chi connectivity index (χ2n) is 33.1. The molecular weight excluding hydrogens is 1420 g/mol. The highest BCUT2D eigenvalue weighted by Gasteiger charge is 2.15. The van der Waals surface area contributed by atoms with Crippen molar-refractivity contribution in [3.05, 3.63) is 105 Å². The van der Waals surface area contributed by atoms with Crippen LogP contribution in [-0.4, -0.2) is 149 Å². The molecule has 620 valence electrons. The van der Waals surface area contributed by atoms with Crippen molar-refractivity contribution in [1.82, 2.24) is 149 Å². The molecule has 10 aromatic rings. The van der Waals surface area contributed by atoms with Gasteiger partial charge in [-0.05, 0) is 168 Å². The van der Waals surface area contributed by atoms with Crippen molar-refractivity contribution >= 4 is 23.1 Å².